The summed E-state index contributed by atoms with van der Waals surface area (Å²) in [5.41, 5.74) is 6.44. The first kappa shape index (κ1) is 20.7. The van der Waals surface area contributed by atoms with Crippen LogP contribution in [0.4, 0.5) is 0 Å². The molecule has 9 heteroatoms. The third-order valence-electron chi connectivity index (χ3n) is 3.04. The van der Waals surface area contributed by atoms with Crippen molar-refractivity contribution in [3.05, 3.63) is 44.1 Å². The molecule has 5 nitrogen and oxygen atoms in total. The van der Waals surface area contributed by atoms with Crippen LogP contribution in [0.1, 0.15) is 5.56 Å². The summed E-state index contributed by atoms with van der Waals surface area (Å²) in [5, 5.41) is 18.8. The highest BCUT2D eigenvalue weighted by molar-refractivity contribution is 14.1. The minimum Gasteiger partial charge on any atom is -0.506 e. The van der Waals surface area contributed by atoms with Crippen LogP contribution in [-0.2, 0) is 11.2 Å². The second-order valence-corrected chi connectivity index (χ2v) is 9.52. The lowest BCUT2D eigenvalue weighted by atomic mass is 10.1. The summed E-state index contributed by atoms with van der Waals surface area (Å²) in [5.74, 6) is 0.549. The number of carboxylic acid groups (broad SMARTS) is 1. The van der Waals surface area contributed by atoms with Crippen molar-refractivity contribution in [1.82, 2.24) is 0 Å². The van der Waals surface area contributed by atoms with Gasteiger partial charge in [-0.1, -0.05) is 0 Å². The number of halogens is 4. The number of phenols is 1. The predicted molar refractivity (Wildman–Crippen MR) is 125 cm³/mol. The zero-order valence-electron chi connectivity index (χ0n) is 11.9. The van der Waals surface area contributed by atoms with E-state index >= 15 is 0 Å². The van der Waals surface area contributed by atoms with Crippen molar-refractivity contribution in [2.45, 2.75) is 12.5 Å². The Balaban J connectivity index is 2.30. The van der Waals surface area contributed by atoms with Crippen LogP contribution in [0.25, 0.3) is 0 Å². The zero-order valence-corrected chi connectivity index (χ0v) is 20.5. The van der Waals surface area contributed by atoms with Gasteiger partial charge in [0.25, 0.3) is 0 Å². The Morgan fingerprint density at radius 3 is 2.00 bits per heavy atom. The van der Waals surface area contributed by atoms with Crippen LogP contribution >= 0.6 is 90.4 Å². The van der Waals surface area contributed by atoms with Gasteiger partial charge in [-0.25, -0.2) is 0 Å². The number of carbonyl (C=O) groups is 1. The highest BCUT2D eigenvalue weighted by atomic mass is 127. The summed E-state index contributed by atoms with van der Waals surface area (Å²) >= 11 is 8.42. The molecule has 0 fully saturated rings. The predicted octanol–water partition coefficient (Wildman–Crippen LogP) is 4.56. The fourth-order valence-corrected chi connectivity index (χ4v) is 5.72. The molecule has 0 aliphatic heterocycles. The van der Waals surface area contributed by atoms with Gasteiger partial charge in [0.1, 0.15) is 17.5 Å². The van der Waals surface area contributed by atoms with Crippen molar-refractivity contribution in [3.63, 3.8) is 0 Å². The Hall–Kier alpha value is 0.390. The molecule has 0 radical (unpaired) electrons. The van der Waals surface area contributed by atoms with Crippen LogP contribution in [0.5, 0.6) is 17.2 Å². The van der Waals surface area contributed by atoms with Gasteiger partial charge < -0.3 is 20.7 Å². The van der Waals surface area contributed by atoms with Gasteiger partial charge in [-0.2, -0.15) is 0 Å². The average molecular weight is 778 g/mol. The zero-order chi connectivity index (χ0) is 18.0. The maximum Gasteiger partial charge on any atom is 0.320 e. The van der Waals surface area contributed by atoms with Gasteiger partial charge in [0, 0.05) is 0 Å². The van der Waals surface area contributed by atoms with Crippen molar-refractivity contribution in [3.8, 4) is 17.2 Å². The third kappa shape index (κ3) is 5.20. The van der Waals surface area contributed by atoms with Crippen molar-refractivity contribution >= 4 is 96.3 Å². The molecule has 24 heavy (non-hydrogen) atoms. The molecular weight excluding hydrogens is 767 g/mol. The Bertz CT molecular complexity index is 751. The van der Waals surface area contributed by atoms with Gasteiger partial charge >= 0.3 is 5.97 Å². The molecule has 0 spiro atoms. The number of nitrogens with two attached hydrogens (primary N) is 1. The number of carboxylic acids is 1. The molecule has 4 N–H and O–H groups in total. The molecule has 0 aliphatic carbocycles. The van der Waals surface area contributed by atoms with Gasteiger partial charge in [0.15, 0.2) is 5.75 Å². The molecular formula is C15H11I4NO4. The maximum atomic E-state index is 10.9. The van der Waals surface area contributed by atoms with Gasteiger partial charge in [0.2, 0.25) is 0 Å². The number of rotatable bonds is 5. The summed E-state index contributed by atoms with van der Waals surface area (Å²) in [4.78, 5) is 10.9. The Labute approximate surface area is 193 Å². The quantitative estimate of drug-likeness (QED) is 0.306. The number of hydrogen-bond acceptors (Lipinski definition) is 4. The minimum absolute atomic E-state index is 0.242. The van der Waals surface area contributed by atoms with Crippen LogP contribution in [0.2, 0.25) is 0 Å². The summed E-state index contributed by atoms with van der Waals surface area (Å²) < 4.78 is 9.14. The van der Waals surface area contributed by atoms with Crippen LogP contribution in [0.15, 0.2) is 24.3 Å². The molecule has 0 unspecified atom stereocenters. The Morgan fingerprint density at radius 1 is 1.04 bits per heavy atom. The standard InChI is InChI=1S/C15H11I4NO4/c16-8-4-7(5-9(17)13(8)21)24-14-10(18)1-6(2-11(14)19)3-12(20)15(22)23/h1-2,4-5,12,21H,3,20H2,(H,22,23)/t12-/m0/s1/i15+1. The Morgan fingerprint density at radius 2 is 1.54 bits per heavy atom. The van der Waals surface area contributed by atoms with Crippen molar-refractivity contribution < 1.29 is 19.7 Å². The lowest BCUT2D eigenvalue weighted by Gasteiger charge is -2.14. The first-order valence-electron chi connectivity index (χ1n) is 6.51. The van der Waals surface area contributed by atoms with E-state index in [1.54, 1.807) is 12.1 Å². The monoisotopic (exact) mass is 778 g/mol. The number of benzene rings is 2. The van der Waals surface area contributed by atoms with E-state index in [9.17, 15) is 9.90 Å². The molecule has 0 aliphatic rings. The molecule has 0 bridgehead atoms. The van der Waals surface area contributed by atoms with Crippen molar-refractivity contribution in [2.24, 2.45) is 5.73 Å². The number of ether oxygens (including phenoxy) is 1. The minimum atomic E-state index is -1.02. The summed E-state index contributed by atoms with van der Waals surface area (Å²) in [6.45, 7) is 0. The van der Waals surface area contributed by atoms with Gasteiger partial charge in [-0.15, -0.1) is 0 Å². The van der Waals surface area contributed by atoms with E-state index in [2.05, 4.69) is 90.4 Å². The normalized spacial score (nSPS) is 12.0. The van der Waals surface area contributed by atoms with E-state index in [4.69, 9.17) is 15.6 Å². The van der Waals surface area contributed by atoms with E-state index in [0.29, 0.717) is 18.6 Å². The van der Waals surface area contributed by atoms with Gasteiger partial charge in [-0.3, -0.25) is 4.79 Å². The van der Waals surface area contributed by atoms with Crippen LogP contribution in [0, 0.1) is 14.3 Å². The molecule has 0 aromatic heterocycles. The van der Waals surface area contributed by atoms with E-state index in [-0.39, 0.29) is 12.2 Å². The van der Waals surface area contributed by atoms with Crippen molar-refractivity contribution in [2.75, 3.05) is 0 Å². The number of hydrogen-bond donors (Lipinski definition) is 3. The maximum absolute atomic E-state index is 10.9. The highest BCUT2D eigenvalue weighted by Gasteiger charge is 2.16. The SMILES string of the molecule is N[C@@H](Cc1cc(I)c(Oc2cc(I)c(O)c(I)c2)c(I)c1)[13C](=O)O. The first-order chi connectivity index (χ1) is 11.2. The molecule has 2 aromatic carbocycles. The number of aliphatic carboxylic acids is 1. The first-order valence-corrected chi connectivity index (χ1v) is 10.8. The van der Waals surface area contributed by atoms with E-state index in [0.717, 1.165) is 12.7 Å². The second-order valence-electron chi connectivity index (χ2n) is 4.88. The molecule has 0 saturated carbocycles. The van der Waals surface area contributed by atoms with Crippen molar-refractivity contribution in [1.29, 1.82) is 0 Å². The molecule has 1 atom stereocenters. The molecule has 0 heterocycles. The van der Waals surface area contributed by atoms with Gasteiger partial charge in [0.05, 0.1) is 14.3 Å². The lowest BCUT2D eigenvalue weighted by Crippen LogP contribution is -2.32. The summed E-state index contributed by atoms with van der Waals surface area (Å²) in [6, 6.07) is 6.34. The number of aromatic hydroxyl groups is 1. The average Bonchev–Trinajstić information content (AvgIpc) is 2.48. The molecule has 0 amide bonds. The third-order valence-corrected chi connectivity index (χ3v) is 6.29. The highest BCUT2D eigenvalue weighted by Crippen LogP contribution is 2.36. The van der Waals surface area contributed by atoms with E-state index < -0.39 is 12.0 Å². The fourth-order valence-electron chi connectivity index (χ4n) is 1.89. The summed E-state index contributed by atoms with van der Waals surface area (Å²) in [6.07, 6.45) is 0.261. The van der Waals surface area contributed by atoms with E-state index in [1.165, 1.54) is 0 Å². The van der Waals surface area contributed by atoms with E-state index in [1.807, 2.05) is 12.1 Å². The molecule has 128 valence electrons. The summed E-state index contributed by atoms with van der Waals surface area (Å²) in [7, 11) is 0. The smallest absolute Gasteiger partial charge is 0.320 e. The lowest BCUT2D eigenvalue weighted by molar-refractivity contribution is -0.138. The molecule has 0 saturated heterocycles. The van der Waals surface area contributed by atoms with Gasteiger partial charge in [-0.05, 0) is 127 Å². The Kier molecular flexibility index (Phi) is 7.64. The van der Waals surface area contributed by atoms with Crippen LogP contribution in [-0.4, -0.2) is 22.2 Å². The fraction of sp³-hybridized carbons (Fsp3) is 0.133. The molecule has 2 rings (SSSR count). The molecule has 2 aromatic rings. The van der Waals surface area contributed by atoms with Crippen LogP contribution < -0.4 is 10.5 Å². The second kappa shape index (κ2) is 8.85. The largest absolute Gasteiger partial charge is 0.506 e. The number of phenolic OH excluding ortho intramolecular Hbond substituents is 1. The topological polar surface area (TPSA) is 92.8 Å². The van der Waals surface area contributed by atoms with Crippen LogP contribution in [0.3, 0.4) is 0 Å².